The standard InChI is InChI=1S/C19H41N5.HI/c1-7-18(23-12-8-9-13-23)15-22-19(20-6)21-11-10-14-24(16(2)3)17(4)5;/h16-18H,7-15H2,1-6H3,(H2,20,21,22);1H. The average Bonchev–Trinajstić information content (AvgIpc) is 3.06. The maximum absolute atomic E-state index is 4.37. The highest BCUT2D eigenvalue weighted by molar-refractivity contribution is 14.0. The minimum absolute atomic E-state index is 0. The molecule has 1 unspecified atom stereocenters. The minimum atomic E-state index is 0. The molecular weight excluding hydrogens is 425 g/mol. The summed E-state index contributed by atoms with van der Waals surface area (Å²) in [4.78, 5) is 9.52. The second kappa shape index (κ2) is 14.0. The third-order valence-electron chi connectivity index (χ3n) is 5.07. The average molecular weight is 467 g/mol. The Bertz CT molecular complexity index is 346. The molecule has 1 rings (SSSR count). The number of halogens is 1. The Hall–Kier alpha value is -0.0800. The van der Waals surface area contributed by atoms with Crippen molar-refractivity contribution in [2.45, 2.75) is 78.4 Å². The molecule has 25 heavy (non-hydrogen) atoms. The zero-order chi connectivity index (χ0) is 17.9. The summed E-state index contributed by atoms with van der Waals surface area (Å²) in [7, 11) is 1.86. The first-order chi connectivity index (χ1) is 11.5. The van der Waals surface area contributed by atoms with Crippen LogP contribution in [0.2, 0.25) is 0 Å². The van der Waals surface area contributed by atoms with E-state index in [-0.39, 0.29) is 24.0 Å². The molecule has 0 bridgehead atoms. The molecule has 0 aromatic heterocycles. The largest absolute Gasteiger partial charge is 0.356 e. The van der Waals surface area contributed by atoms with Crippen molar-refractivity contribution in [3.8, 4) is 0 Å². The lowest BCUT2D eigenvalue weighted by molar-refractivity contribution is 0.173. The molecule has 0 saturated carbocycles. The Kier molecular flexibility index (Phi) is 14.0. The van der Waals surface area contributed by atoms with E-state index in [0.717, 1.165) is 32.0 Å². The van der Waals surface area contributed by atoms with Gasteiger partial charge in [0.1, 0.15) is 0 Å². The van der Waals surface area contributed by atoms with Gasteiger partial charge in [0.15, 0.2) is 5.96 Å². The van der Waals surface area contributed by atoms with Crippen molar-refractivity contribution < 1.29 is 0 Å². The van der Waals surface area contributed by atoms with E-state index in [0.29, 0.717) is 18.1 Å². The van der Waals surface area contributed by atoms with E-state index in [1.54, 1.807) is 0 Å². The van der Waals surface area contributed by atoms with Crippen molar-refractivity contribution in [3.63, 3.8) is 0 Å². The minimum Gasteiger partial charge on any atom is -0.356 e. The summed E-state index contributed by atoms with van der Waals surface area (Å²) in [6, 6.07) is 1.84. The van der Waals surface area contributed by atoms with Crippen LogP contribution in [0.3, 0.4) is 0 Å². The summed E-state index contributed by atoms with van der Waals surface area (Å²) in [6.45, 7) is 17.0. The molecule has 0 radical (unpaired) electrons. The van der Waals surface area contributed by atoms with E-state index < -0.39 is 0 Å². The normalized spacial score (nSPS) is 17.2. The molecule has 1 atom stereocenters. The van der Waals surface area contributed by atoms with Gasteiger partial charge in [0.2, 0.25) is 0 Å². The van der Waals surface area contributed by atoms with Gasteiger partial charge >= 0.3 is 0 Å². The number of nitrogens with zero attached hydrogens (tertiary/aromatic N) is 3. The third kappa shape index (κ3) is 9.43. The van der Waals surface area contributed by atoms with Crippen LogP contribution in [0.1, 0.15) is 60.3 Å². The maximum Gasteiger partial charge on any atom is 0.191 e. The van der Waals surface area contributed by atoms with Gasteiger partial charge in [-0.05, 0) is 66.5 Å². The summed E-state index contributed by atoms with van der Waals surface area (Å²) in [5.41, 5.74) is 0. The molecule has 1 aliphatic heterocycles. The Labute approximate surface area is 173 Å². The maximum atomic E-state index is 4.37. The Morgan fingerprint density at radius 2 is 1.68 bits per heavy atom. The van der Waals surface area contributed by atoms with E-state index in [1.807, 2.05) is 7.05 Å². The van der Waals surface area contributed by atoms with Crippen LogP contribution in [0.4, 0.5) is 0 Å². The van der Waals surface area contributed by atoms with Crippen LogP contribution in [0.25, 0.3) is 0 Å². The molecule has 1 fully saturated rings. The predicted octanol–water partition coefficient (Wildman–Crippen LogP) is 3.15. The number of nitrogens with one attached hydrogen (secondary N) is 2. The molecule has 0 spiro atoms. The summed E-state index contributed by atoms with van der Waals surface area (Å²) in [5.74, 6) is 0.938. The molecule has 0 aromatic carbocycles. The monoisotopic (exact) mass is 467 g/mol. The smallest absolute Gasteiger partial charge is 0.191 e. The Morgan fingerprint density at radius 3 is 2.16 bits per heavy atom. The lowest BCUT2D eigenvalue weighted by Crippen LogP contribution is -2.46. The first-order valence-corrected chi connectivity index (χ1v) is 9.93. The SMILES string of the molecule is CCC(CNC(=NC)NCCCN(C(C)C)C(C)C)N1CCCC1.I. The van der Waals surface area contributed by atoms with Crippen LogP contribution in [-0.4, -0.2) is 73.7 Å². The van der Waals surface area contributed by atoms with Crippen LogP contribution in [-0.2, 0) is 0 Å². The second-order valence-electron chi connectivity index (χ2n) is 7.46. The van der Waals surface area contributed by atoms with Crippen LogP contribution in [0, 0.1) is 0 Å². The summed E-state index contributed by atoms with van der Waals surface area (Å²) in [5, 5.41) is 6.98. The topological polar surface area (TPSA) is 42.9 Å². The van der Waals surface area contributed by atoms with Gasteiger partial charge in [0.05, 0.1) is 0 Å². The lowest BCUT2D eigenvalue weighted by atomic mass is 10.2. The van der Waals surface area contributed by atoms with Gasteiger partial charge in [-0.2, -0.15) is 0 Å². The van der Waals surface area contributed by atoms with E-state index in [1.165, 1.54) is 32.4 Å². The summed E-state index contributed by atoms with van der Waals surface area (Å²) >= 11 is 0. The zero-order valence-electron chi connectivity index (χ0n) is 17.3. The van der Waals surface area contributed by atoms with E-state index in [2.05, 4.69) is 60.0 Å². The first kappa shape index (κ1) is 24.9. The number of likely N-dealkylation sites (tertiary alicyclic amines) is 1. The van der Waals surface area contributed by atoms with Gasteiger partial charge in [-0.3, -0.25) is 14.8 Å². The fourth-order valence-electron chi connectivity index (χ4n) is 3.65. The molecule has 150 valence electrons. The fraction of sp³-hybridized carbons (Fsp3) is 0.947. The molecule has 0 amide bonds. The van der Waals surface area contributed by atoms with Crippen molar-refractivity contribution in [2.24, 2.45) is 4.99 Å². The predicted molar refractivity (Wildman–Crippen MR) is 121 cm³/mol. The number of guanidine groups is 1. The van der Waals surface area contributed by atoms with Crippen molar-refractivity contribution >= 4 is 29.9 Å². The highest BCUT2D eigenvalue weighted by atomic mass is 127. The molecule has 5 nitrogen and oxygen atoms in total. The van der Waals surface area contributed by atoms with Crippen molar-refractivity contribution in [3.05, 3.63) is 0 Å². The van der Waals surface area contributed by atoms with Gasteiger partial charge in [0.25, 0.3) is 0 Å². The molecule has 2 N–H and O–H groups in total. The van der Waals surface area contributed by atoms with Crippen molar-refractivity contribution in [2.75, 3.05) is 39.8 Å². The van der Waals surface area contributed by atoms with Crippen molar-refractivity contribution in [1.29, 1.82) is 0 Å². The molecule has 1 aliphatic rings. The molecule has 0 aliphatic carbocycles. The molecule has 1 heterocycles. The third-order valence-corrected chi connectivity index (χ3v) is 5.07. The van der Waals surface area contributed by atoms with Crippen LogP contribution < -0.4 is 10.6 Å². The summed E-state index contributed by atoms with van der Waals surface area (Å²) < 4.78 is 0. The van der Waals surface area contributed by atoms with Crippen LogP contribution in [0.15, 0.2) is 4.99 Å². The van der Waals surface area contributed by atoms with E-state index in [4.69, 9.17) is 0 Å². The summed E-state index contributed by atoms with van der Waals surface area (Å²) in [6.07, 6.45) is 5.04. The van der Waals surface area contributed by atoms with Crippen LogP contribution in [0.5, 0.6) is 0 Å². The number of aliphatic imine (C=N–C) groups is 1. The van der Waals surface area contributed by atoms with Gasteiger partial charge in [-0.25, -0.2) is 0 Å². The number of rotatable bonds is 10. The van der Waals surface area contributed by atoms with Gasteiger partial charge in [-0.1, -0.05) is 6.92 Å². The highest BCUT2D eigenvalue weighted by Crippen LogP contribution is 2.13. The molecular formula is C19H42IN5. The fourth-order valence-corrected chi connectivity index (χ4v) is 3.65. The Morgan fingerprint density at radius 1 is 1.08 bits per heavy atom. The van der Waals surface area contributed by atoms with E-state index >= 15 is 0 Å². The van der Waals surface area contributed by atoms with E-state index in [9.17, 15) is 0 Å². The lowest BCUT2D eigenvalue weighted by Gasteiger charge is -2.30. The van der Waals surface area contributed by atoms with Gasteiger partial charge in [-0.15, -0.1) is 24.0 Å². The highest BCUT2D eigenvalue weighted by Gasteiger charge is 2.20. The van der Waals surface area contributed by atoms with Crippen molar-refractivity contribution in [1.82, 2.24) is 20.4 Å². The first-order valence-electron chi connectivity index (χ1n) is 9.93. The van der Waals surface area contributed by atoms with Gasteiger partial charge in [0, 0.05) is 44.8 Å². The zero-order valence-corrected chi connectivity index (χ0v) is 19.7. The quantitative estimate of drug-likeness (QED) is 0.224. The second-order valence-corrected chi connectivity index (χ2v) is 7.46. The van der Waals surface area contributed by atoms with Gasteiger partial charge < -0.3 is 10.6 Å². The Balaban J connectivity index is 0.00000576. The molecule has 1 saturated heterocycles. The molecule has 6 heteroatoms. The number of hydrogen-bond donors (Lipinski definition) is 2. The van der Waals surface area contributed by atoms with Crippen LogP contribution >= 0.6 is 24.0 Å². The number of hydrogen-bond acceptors (Lipinski definition) is 3. The molecule has 0 aromatic rings.